The Bertz CT molecular complexity index is 1020. The van der Waals surface area contributed by atoms with E-state index in [0.717, 1.165) is 32.1 Å². The molecule has 1 aromatic carbocycles. The molecule has 0 radical (unpaired) electrons. The second-order valence-corrected chi connectivity index (χ2v) is 7.24. The lowest BCUT2D eigenvalue weighted by Crippen LogP contribution is -2.48. The molecule has 2 aliphatic rings. The number of aromatic nitrogens is 1. The van der Waals surface area contributed by atoms with E-state index in [4.69, 9.17) is 15.2 Å². The molecule has 7 heteroatoms. The van der Waals surface area contributed by atoms with Crippen LogP contribution in [0.25, 0.3) is 0 Å². The molecule has 0 saturated heterocycles. The summed E-state index contributed by atoms with van der Waals surface area (Å²) in [4.78, 5) is 28.3. The molecule has 1 aromatic heterocycles. The molecule has 7 nitrogen and oxygen atoms in total. The summed E-state index contributed by atoms with van der Waals surface area (Å²) in [5, 5.41) is 3.13. The van der Waals surface area contributed by atoms with Crippen LogP contribution in [0, 0.1) is 11.8 Å². The highest BCUT2D eigenvalue weighted by Gasteiger charge is 2.32. The van der Waals surface area contributed by atoms with Gasteiger partial charge in [-0.2, -0.15) is 0 Å². The van der Waals surface area contributed by atoms with Gasteiger partial charge in [0.05, 0.1) is 5.56 Å². The van der Waals surface area contributed by atoms with E-state index in [2.05, 4.69) is 22.1 Å². The maximum atomic E-state index is 12.9. The number of benzene rings is 1. The van der Waals surface area contributed by atoms with E-state index in [1.807, 2.05) is 0 Å². The summed E-state index contributed by atoms with van der Waals surface area (Å²) in [6.07, 6.45) is 7.59. The van der Waals surface area contributed by atoms with Crippen molar-refractivity contribution in [2.45, 2.75) is 37.6 Å². The van der Waals surface area contributed by atoms with Crippen LogP contribution in [0.2, 0.25) is 0 Å². The number of hydrogen-bond donors (Lipinski definition) is 2. The van der Waals surface area contributed by atoms with Crippen molar-refractivity contribution in [1.29, 1.82) is 0 Å². The maximum Gasteiger partial charge on any atom is 0.252 e. The average Bonchev–Trinajstić information content (AvgIpc) is 3.21. The zero-order chi connectivity index (χ0) is 20.3. The Labute approximate surface area is 168 Å². The Morgan fingerprint density at radius 1 is 1.03 bits per heavy atom. The first-order valence-electron chi connectivity index (χ1n) is 9.55. The maximum absolute atomic E-state index is 12.9. The molecule has 0 unspecified atom stereocenters. The number of nitrogens with zero attached hydrogens (tertiary/aromatic N) is 1. The number of primary amides is 1. The first-order valence-corrected chi connectivity index (χ1v) is 9.55. The predicted molar refractivity (Wildman–Crippen MR) is 105 cm³/mol. The first-order chi connectivity index (χ1) is 14.0. The fraction of sp³-hybridized carbons (Fsp3) is 0.318. The minimum absolute atomic E-state index is 0.161. The number of rotatable bonds is 3. The van der Waals surface area contributed by atoms with E-state index >= 15 is 0 Å². The molecule has 1 saturated carbocycles. The molecule has 29 heavy (non-hydrogen) atoms. The summed E-state index contributed by atoms with van der Waals surface area (Å²) in [6, 6.07) is 6.74. The molecule has 1 fully saturated rings. The van der Waals surface area contributed by atoms with Crippen molar-refractivity contribution in [3.8, 4) is 23.3 Å². The Morgan fingerprint density at radius 2 is 1.83 bits per heavy atom. The lowest BCUT2D eigenvalue weighted by molar-refractivity contribution is 0.0902. The quantitative estimate of drug-likeness (QED) is 0.782. The third-order valence-corrected chi connectivity index (χ3v) is 5.16. The molecular formula is C22H21N3O4. The Morgan fingerprint density at radius 3 is 2.62 bits per heavy atom. The zero-order valence-electron chi connectivity index (χ0n) is 15.9. The summed E-state index contributed by atoms with van der Waals surface area (Å²) in [5.74, 6) is 6.75. The van der Waals surface area contributed by atoms with Gasteiger partial charge in [-0.3, -0.25) is 14.6 Å². The van der Waals surface area contributed by atoms with Crippen LogP contribution in [-0.4, -0.2) is 29.1 Å². The Kier molecular flexibility index (Phi) is 5.09. The minimum atomic E-state index is -0.631. The molecule has 1 aliphatic carbocycles. The lowest BCUT2D eigenvalue weighted by atomic mass is 9.81. The molecule has 3 N–H and O–H groups in total. The highest BCUT2D eigenvalue weighted by Crippen LogP contribution is 2.33. The highest BCUT2D eigenvalue weighted by molar-refractivity contribution is 5.96. The monoisotopic (exact) mass is 391 g/mol. The average molecular weight is 391 g/mol. The van der Waals surface area contributed by atoms with Crippen LogP contribution in [0.4, 0.5) is 0 Å². The van der Waals surface area contributed by atoms with E-state index in [1.165, 1.54) is 6.20 Å². The van der Waals surface area contributed by atoms with Crippen molar-refractivity contribution < 1.29 is 19.1 Å². The lowest BCUT2D eigenvalue weighted by Gasteiger charge is -2.33. The Balaban J connectivity index is 1.58. The largest absolute Gasteiger partial charge is 0.454 e. The van der Waals surface area contributed by atoms with Crippen LogP contribution in [0.1, 0.15) is 58.4 Å². The SMILES string of the molecule is NC(=O)c1cncc(C#CC2(NC(=O)c3ccc4c(c3)OCO4)CCCCC2)c1. The van der Waals surface area contributed by atoms with Gasteiger partial charge in [-0.1, -0.05) is 31.1 Å². The van der Waals surface area contributed by atoms with Crippen molar-refractivity contribution in [3.05, 3.63) is 53.3 Å². The van der Waals surface area contributed by atoms with Gasteiger partial charge in [0, 0.05) is 23.5 Å². The summed E-state index contributed by atoms with van der Waals surface area (Å²) < 4.78 is 10.7. The van der Waals surface area contributed by atoms with Crippen molar-refractivity contribution in [1.82, 2.24) is 10.3 Å². The molecule has 0 atom stereocenters. The van der Waals surface area contributed by atoms with E-state index in [-0.39, 0.29) is 12.7 Å². The van der Waals surface area contributed by atoms with Crippen LogP contribution in [0.15, 0.2) is 36.7 Å². The molecule has 148 valence electrons. The van der Waals surface area contributed by atoms with Crippen molar-refractivity contribution >= 4 is 11.8 Å². The number of amides is 2. The zero-order valence-corrected chi connectivity index (χ0v) is 15.9. The van der Waals surface area contributed by atoms with Gasteiger partial charge in [0.15, 0.2) is 11.5 Å². The van der Waals surface area contributed by atoms with Gasteiger partial charge in [0.25, 0.3) is 5.91 Å². The fourth-order valence-corrected chi connectivity index (χ4v) is 3.60. The van der Waals surface area contributed by atoms with Crippen molar-refractivity contribution in [2.75, 3.05) is 6.79 Å². The van der Waals surface area contributed by atoms with E-state index < -0.39 is 11.4 Å². The van der Waals surface area contributed by atoms with Crippen LogP contribution < -0.4 is 20.5 Å². The van der Waals surface area contributed by atoms with Gasteiger partial charge in [-0.05, 0) is 37.1 Å². The van der Waals surface area contributed by atoms with Gasteiger partial charge < -0.3 is 20.5 Å². The number of nitrogens with two attached hydrogens (primary N) is 1. The predicted octanol–water partition coefficient (Wildman–Crippen LogP) is 2.39. The minimum Gasteiger partial charge on any atom is -0.454 e. The first kappa shape index (κ1) is 18.8. The summed E-state index contributed by atoms with van der Waals surface area (Å²) in [7, 11) is 0. The van der Waals surface area contributed by atoms with Gasteiger partial charge >= 0.3 is 0 Å². The molecule has 2 amide bonds. The number of fused-ring (bicyclic) bond motifs is 1. The summed E-state index contributed by atoms with van der Waals surface area (Å²) in [5.41, 5.74) is 6.07. The third-order valence-electron chi connectivity index (χ3n) is 5.16. The molecule has 2 heterocycles. The number of pyridine rings is 1. The third kappa shape index (κ3) is 4.16. The number of carbonyl (C=O) groups is 2. The van der Waals surface area contributed by atoms with E-state index in [0.29, 0.717) is 28.2 Å². The van der Waals surface area contributed by atoms with E-state index in [1.54, 1.807) is 30.5 Å². The number of hydrogen-bond acceptors (Lipinski definition) is 5. The summed E-state index contributed by atoms with van der Waals surface area (Å²) >= 11 is 0. The Hall–Kier alpha value is -3.53. The van der Waals surface area contributed by atoms with Gasteiger partial charge in [0.2, 0.25) is 12.7 Å². The number of ether oxygens (including phenoxy) is 2. The molecule has 4 rings (SSSR count). The molecular weight excluding hydrogens is 370 g/mol. The smallest absolute Gasteiger partial charge is 0.252 e. The fourth-order valence-electron chi connectivity index (χ4n) is 3.60. The topological polar surface area (TPSA) is 104 Å². The molecule has 1 aliphatic heterocycles. The second kappa shape index (κ2) is 7.84. The van der Waals surface area contributed by atoms with Crippen molar-refractivity contribution in [2.24, 2.45) is 5.73 Å². The van der Waals surface area contributed by atoms with Gasteiger partial charge in [0.1, 0.15) is 5.54 Å². The molecule has 0 spiro atoms. The van der Waals surface area contributed by atoms with Gasteiger partial charge in [-0.25, -0.2) is 0 Å². The second-order valence-electron chi connectivity index (χ2n) is 7.24. The van der Waals surface area contributed by atoms with Crippen LogP contribution >= 0.6 is 0 Å². The van der Waals surface area contributed by atoms with Crippen LogP contribution in [-0.2, 0) is 0 Å². The van der Waals surface area contributed by atoms with Crippen LogP contribution in [0.3, 0.4) is 0 Å². The normalized spacial score (nSPS) is 16.4. The van der Waals surface area contributed by atoms with Gasteiger partial charge in [-0.15, -0.1) is 0 Å². The number of carbonyl (C=O) groups excluding carboxylic acids is 2. The highest BCUT2D eigenvalue weighted by atomic mass is 16.7. The van der Waals surface area contributed by atoms with Crippen molar-refractivity contribution in [3.63, 3.8) is 0 Å². The standard InChI is InChI=1S/C22H21N3O4/c23-20(26)17-10-15(12-24-13-17)6-9-22(7-2-1-3-8-22)25-21(27)16-4-5-18-19(11-16)29-14-28-18/h4-5,10-13H,1-3,7-8,14H2,(H2,23,26)(H,25,27). The summed E-state index contributed by atoms with van der Waals surface area (Å²) in [6.45, 7) is 0.161. The van der Waals surface area contributed by atoms with E-state index in [9.17, 15) is 9.59 Å². The molecule has 2 aromatic rings. The van der Waals surface area contributed by atoms with Crippen LogP contribution in [0.5, 0.6) is 11.5 Å². The molecule has 0 bridgehead atoms. The number of nitrogens with one attached hydrogen (secondary N) is 1.